The Kier molecular flexibility index (Phi) is 3.93. The van der Waals surface area contributed by atoms with E-state index in [1.165, 1.54) is 18.2 Å². The summed E-state index contributed by atoms with van der Waals surface area (Å²) >= 11 is 0. The number of aryl methyl sites for hydroxylation is 1. The molecule has 0 radical (unpaired) electrons. The normalized spacial score (nSPS) is 10.2. The third kappa shape index (κ3) is 3.28. The number of nitrogens with one attached hydrogen (secondary N) is 2. The summed E-state index contributed by atoms with van der Waals surface area (Å²) in [5.74, 6) is -1.82. The minimum atomic E-state index is -0.753. The lowest BCUT2D eigenvalue weighted by atomic mass is 10.2. The molecule has 0 saturated heterocycles. The topological polar surface area (TPSA) is 41.1 Å². The van der Waals surface area contributed by atoms with Crippen LogP contribution >= 0.6 is 0 Å². The van der Waals surface area contributed by atoms with Gasteiger partial charge < -0.3 is 10.6 Å². The highest BCUT2D eigenvalue weighted by Crippen LogP contribution is 2.17. The predicted octanol–water partition coefficient (Wildman–Crippen LogP) is 4.06. The van der Waals surface area contributed by atoms with Gasteiger partial charge in [0.2, 0.25) is 0 Å². The monoisotopic (exact) mass is 280 g/mol. The predicted molar refractivity (Wildman–Crippen MR) is 70.1 cm³/mol. The molecule has 0 saturated carbocycles. The number of carbonyl (C=O) groups excluding carboxylic acids is 1. The van der Waals surface area contributed by atoms with Gasteiger partial charge in [0.15, 0.2) is 0 Å². The Morgan fingerprint density at radius 2 is 1.65 bits per heavy atom. The van der Waals surface area contributed by atoms with Gasteiger partial charge in [0.1, 0.15) is 17.5 Å². The number of benzene rings is 2. The van der Waals surface area contributed by atoms with Crippen LogP contribution in [0.4, 0.5) is 29.3 Å². The molecule has 104 valence electrons. The molecule has 0 spiro atoms. The molecule has 2 N–H and O–H groups in total. The molecular weight excluding hydrogens is 269 g/mol. The third-order valence-electron chi connectivity index (χ3n) is 2.59. The average Bonchev–Trinajstić information content (AvgIpc) is 2.38. The van der Waals surface area contributed by atoms with E-state index in [0.717, 1.165) is 18.2 Å². The fourth-order valence-electron chi connectivity index (χ4n) is 1.60. The minimum Gasteiger partial charge on any atom is -0.308 e. The molecule has 2 aromatic carbocycles. The van der Waals surface area contributed by atoms with E-state index in [1.807, 2.05) is 0 Å². The van der Waals surface area contributed by atoms with Crippen molar-refractivity contribution in [2.24, 2.45) is 0 Å². The van der Waals surface area contributed by atoms with Crippen molar-refractivity contribution < 1.29 is 18.0 Å². The van der Waals surface area contributed by atoms with E-state index in [1.54, 1.807) is 6.92 Å². The molecule has 0 unspecified atom stereocenters. The Morgan fingerprint density at radius 1 is 0.950 bits per heavy atom. The smallest absolute Gasteiger partial charge is 0.308 e. The molecule has 2 amide bonds. The highest BCUT2D eigenvalue weighted by molar-refractivity contribution is 5.99. The van der Waals surface area contributed by atoms with Crippen LogP contribution in [0.25, 0.3) is 0 Å². The molecule has 2 aromatic rings. The number of hydrogen-bond acceptors (Lipinski definition) is 1. The van der Waals surface area contributed by atoms with Gasteiger partial charge in [0.25, 0.3) is 0 Å². The van der Waals surface area contributed by atoms with Crippen molar-refractivity contribution in [3.63, 3.8) is 0 Å². The highest BCUT2D eigenvalue weighted by Gasteiger charge is 2.09. The van der Waals surface area contributed by atoms with Gasteiger partial charge in [0, 0.05) is 11.8 Å². The van der Waals surface area contributed by atoms with Crippen molar-refractivity contribution in [2.75, 3.05) is 10.6 Å². The zero-order chi connectivity index (χ0) is 14.7. The quantitative estimate of drug-likeness (QED) is 0.855. The number of halogens is 3. The van der Waals surface area contributed by atoms with E-state index in [-0.39, 0.29) is 5.69 Å². The molecule has 2 rings (SSSR count). The van der Waals surface area contributed by atoms with Crippen LogP contribution in [-0.2, 0) is 0 Å². The Morgan fingerprint density at radius 3 is 2.35 bits per heavy atom. The second-order valence-electron chi connectivity index (χ2n) is 4.17. The molecule has 0 aromatic heterocycles. The fourth-order valence-corrected chi connectivity index (χ4v) is 1.60. The van der Waals surface area contributed by atoms with Crippen LogP contribution in [-0.4, -0.2) is 6.03 Å². The maximum absolute atomic E-state index is 13.3. The van der Waals surface area contributed by atoms with Gasteiger partial charge in [-0.05, 0) is 42.8 Å². The van der Waals surface area contributed by atoms with Crippen LogP contribution in [0.5, 0.6) is 0 Å². The molecule has 0 fully saturated rings. The fraction of sp³-hybridized carbons (Fsp3) is 0.0714. The Hall–Kier alpha value is -2.50. The van der Waals surface area contributed by atoms with Gasteiger partial charge in [-0.2, -0.15) is 0 Å². The Bertz CT molecular complexity index is 659. The van der Waals surface area contributed by atoms with Crippen LogP contribution in [0.3, 0.4) is 0 Å². The molecule has 0 aliphatic rings. The maximum Gasteiger partial charge on any atom is 0.323 e. The van der Waals surface area contributed by atoms with E-state index in [0.29, 0.717) is 11.3 Å². The molecule has 3 nitrogen and oxygen atoms in total. The highest BCUT2D eigenvalue weighted by atomic mass is 19.1. The first-order valence-electron chi connectivity index (χ1n) is 5.75. The molecule has 20 heavy (non-hydrogen) atoms. The summed E-state index contributed by atoms with van der Waals surface area (Å²) in [5.41, 5.74) is 0.430. The van der Waals surface area contributed by atoms with Crippen molar-refractivity contribution in [2.45, 2.75) is 6.92 Å². The number of rotatable bonds is 2. The summed E-state index contributed by atoms with van der Waals surface area (Å²) in [6, 6.07) is 5.97. The molecule has 0 atom stereocenters. The van der Waals surface area contributed by atoms with E-state index in [2.05, 4.69) is 10.6 Å². The lowest BCUT2D eigenvalue weighted by molar-refractivity contribution is 0.262. The van der Waals surface area contributed by atoms with Crippen LogP contribution in [0.15, 0.2) is 36.4 Å². The van der Waals surface area contributed by atoms with E-state index in [9.17, 15) is 18.0 Å². The number of anilines is 2. The van der Waals surface area contributed by atoms with Gasteiger partial charge in [-0.1, -0.05) is 0 Å². The van der Waals surface area contributed by atoms with Gasteiger partial charge in [-0.15, -0.1) is 0 Å². The lowest BCUT2D eigenvalue weighted by Gasteiger charge is -2.09. The summed E-state index contributed by atoms with van der Waals surface area (Å²) < 4.78 is 39.3. The minimum absolute atomic E-state index is 0.277. The first-order valence-corrected chi connectivity index (χ1v) is 5.75. The van der Waals surface area contributed by atoms with Crippen molar-refractivity contribution in [1.82, 2.24) is 0 Å². The van der Waals surface area contributed by atoms with Crippen LogP contribution < -0.4 is 10.6 Å². The second kappa shape index (κ2) is 5.64. The largest absolute Gasteiger partial charge is 0.323 e. The first kappa shape index (κ1) is 13.9. The summed E-state index contributed by atoms with van der Waals surface area (Å²) in [6.07, 6.45) is 0. The SMILES string of the molecule is Cc1cc(NC(=O)Nc2cc(F)ccc2F)ccc1F. The third-order valence-corrected chi connectivity index (χ3v) is 2.59. The number of hydrogen-bond donors (Lipinski definition) is 2. The molecule has 6 heteroatoms. The molecule has 0 aliphatic carbocycles. The molecule has 0 heterocycles. The second-order valence-corrected chi connectivity index (χ2v) is 4.17. The lowest BCUT2D eigenvalue weighted by Crippen LogP contribution is -2.20. The molecule has 0 aliphatic heterocycles. The summed E-state index contributed by atoms with van der Waals surface area (Å²) in [7, 11) is 0. The van der Waals surface area contributed by atoms with Gasteiger partial charge in [-0.3, -0.25) is 0 Å². The molecule has 0 bridgehead atoms. The summed E-state index contributed by atoms with van der Waals surface area (Å²) in [5, 5.41) is 4.57. The Balaban J connectivity index is 2.09. The van der Waals surface area contributed by atoms with Crippen LogP contribution in [0.1, 0.15) is 5.56 Å². The van der Waals surface area contributed by atoms with Gasteiger partial charge in [-0.25, -0.2) is 18.0 Å². The van der Waals surface area contributed by atoms with E-state index >= 15 is 0 Å². The van der Waals surface area contributed by atoms with Gasteiger partial charge >= 0.3 is 6.03 Å². The molecular formula is C14H11F3N2O. The maximum atomic E-state index is 13.3. The number of urea groups is 1. The number of carbonyl (C=O) groups is 1. The Labute approximate surface area is 113 Å². The van der Waals surface area contributed by atoms with Crippen molar-refractivity contribution >= 4 is 17.4 Å². The standard InChI is InChI=1S/C14H11F3N2O/c1-8-6-10(3-5-11(8)16)18-14(20)19-13-7-9(15)2-4-12(13)17/h2-7H,1H3,(H2,18,19,20). The van der Waals surface area contributed by atoms with Crippen LogP contribution in [0.2, 0.25) is 0 Å². The summed E-state index contributed by atoms with van der Waals surface area (Å²) in [6.45, 7) is 1.55. The van der Waals surface area contributed by atoms with E-state index < -0.39 is 23.5 Å². The van der Waals surface area contributed by atoms with Crippen molar-refractivity contribution in [3.05, 3.63) is 59.4 Å². The van der Waals surface area contributed by atoms with E-state index in [4.69, 9.17) is 0 Å². The zero-order valence-electron chi connectivity index (χ0n) is 10.5. The van der Waals surface area contributed by atoms with Crippen molar-refractivity contribution in [1.29, 1.82) is 0 Å². The van der Waals surface area contributed by atoms with Crippen LogP contribution in [0, 0.1) is 24.4 Å². The summed E-state index contributed by atoms with van der Waals surface area (Å²) in [4.78, 5) is 11.6. The average molecular weight is 280 g/mol. The van der Waals surface area contributed by atoms with Crippen molar-refractivity contribution in [3.8, 4) is 0 Å². The zero-order valence-corrected chi connectivity index (χ0v) is 10.5. The van der Waals surface area contributed by atoms with Gasteiger partial charge in [0.05, 0.1) is 5.69 Å². The first-order chi connectivity index (χ1) is 9.45. The number of amides is 2.